The summed E-state index contributed by atoms with van der Waals surface area (Å²) in [7, 11) is 1.48. The number of ether oxygens (including phenoxy) is 2. The molecular formula is C15H17F3O3. The summed E-state index contributed by atoms with van der Waals surface area (Å²) in [6.07, 6.45) is -5.89. The van der Waals surface area contributed by atoms with Crippen molar-refractivity contribution in [3.8, 4) is 17.6 Å². The molecule has 3 nitrogen and oxygen atoms in total. The minimum atomic E-state index is -4.38. The molecule has 0 aliphatic rings. The third kappa shape index (κ3) is 5.66. The normalized spacial score (nSPS) is 12.5. The number of benzene rings is 1. The zero-order valence-corrected chi connectivity index (χ0v) is 11.8. The number of methoxy groups -OCH3 is 1. The maximum Gasteiger partial charge on any atom is 0.414 e. The van der Waals surface area contributed by atoms with Crippen LogP contribution in [0.15, 0.2) is 18.2 Å². The van der Waals surface area contributed by atoms with Crippen molar-refractivity contribution >= 4 is 0 Å². The Bertz CT molecular complexity index is 515. The molecule has 1 atom stereocenters. The van der Waals surface area contributed by atoms with Gasteiger partial charge in [0.05, 0.1) is 25.9 Å². The lowest BCUT2D eigenvalue weighted by atomic mass is 10.1. The predicted octanol–water partition coefficient (Wildman–Crippen LogP) is 2.90. The molecule has 1 N–H and O–H groups in total. The van der Waals surface area contributed by atoms with Crippen LogP contribution in [0.4, 0.5) is 13.2 Å². The van der Waals surface area contributed by atoms with Gasteiger partial charge < -0.3 is 14.6 Å². The minimum absolute atomic E-state index is 0.0544. The lowest BCUT2D eigenvalue weighted by Crippen LogP contribution is -2.28. The van der Waals surface area contributed by atoms with Crippen molar-refractivity contribution in [1.29, 1.82) is 0 Å². The van der Waals surface area contributed by atoms with Gasteiger partial charge in [-0.1, -0.05) is 17.9 Å². The maximum atomic E-state index is 12.4. The highest BCUT2D eigenvalue weighted by atomic mass is 19.4. The van der Waals surface area contributed by atoms with Crippen molar-refractivity contribution in [3.63, 3.8) is 0 Å². The van der Waals surface area contributed by atoms with Crippen LogP contribution < -0.4 is 4.74 Å². The summed E-state index contributed by atoms with van der Waals surface area (Å²) in [5.74, 6) is 6.07. The fourth-order valence-electron chi connectivity index (χ4n) is 1.47. The van der Waals surface area contributed by atoms with E-state index in [0.717, 1.165) is 6.92 Å². The molecule has 0 saturated heterocycles. The molecule has 0 aromatic heterocycles. The fraction of sp³-hybridized carbons (Fsp3) is 0.467. The summed E-state index contributed by atoms with van der Waals surface area (Å²) >= 11 is 0. The Balaban J connectivity index is 2.81. The predicted molar refractivity (Wildman–Crippen MR) is 71.9 cm³/mol. The van der Waals surface area contributed by atoms with Gasteiger partial charge in [0.25, 0.3) is 0 Å². The van der Waals surface area contributed by atoms with Crippen LogP contribution in [0.5, 0.6) is 5.75 Å². The number of aliphatic hydroxyl groups excluding tert-OH is 1. The zero-order valence-electron chi connectivity index (χ0n) is 11.8. The Morgan fingerprint density at radius 1 is 1.33 bits per heavy atom. The van der Waals surface area contributed by atoms with E-state index in [2.05, 4.69) is 11.8 Å². The van der Waals surface area contributed by atoms with Crippen LogP contribution >= 0.6 is 0 Å². The SMILES string of the molecule is COc1ccc(COC(C)C(F)(F)F)cc1C#CCCO. The second-order valence-corrected chi connectivity index (χ2v) is 4.30. The molecular weight excluding hydrogens is 285 g/mol. The van der Waals surface area contributed by atoms with Crippen molar-refractivity contribution in [2.24, 2.45) is 0 Å². The molecule has 116 valence electrons. The lowest BCUT2D eigenvalue weighted by Gasteiger charge is -2.16. The average molecular weight is 302 g/mol. The highest BCUT2D eigenvalue weighted by Crippen LogP contribution is 2.24. The molecule has 1 rings (SSSR count). The van der Waals surface area contributed by atoms with E-state index in [4.69, 9.17) is 14.6 Å². The summed E-state index contributed by atoms with van der Waals surface area (Å²) < 4.78 is 47.0. The summed E-state index contributed by atoms with van der Waals surface area (Å²) in [5, 5.41) is 8.69. The van der Waals surface area contributed by atoms with Crippen LogP contribution in [0.25, 0.3) is 0 Å². The number of halogens is 3. The quantitative estimate of drug-likeness (QED) is 0.850. The van der Waals surface area contributed by atoms with Crippen molar-refractivity contribution < 1.29 is 27.8 Å². The third-order valence-corrected chi connectivity index (χ3v) is 2.68. The van der Waals surface area contributed by atoms with E-state index in [0.29, 0.717) is 23.3 Å². The number of rotatable bonds is 5. The molecule has 21 heavy (non-hydrogen) atoms. The standard InChI is InChI=1S/C15H17F3O3/c1-11(15(16,17)18)21-10-12-6-7-14(20-2)13(9-12)5-3-4-8-19/h6-7,9,11,19H,4,8,10H2,1-2H3. The zero-order chi connectivity index (χ0) is 15.9. The Morgan fingerprint density at radius 3 is 2.62 bits per heavy atom. The van der Waals surface area contributed by atoms with E-state index in [9.17, 15) is 13.2 Å². The van der Waals surface area contributed by atoms with E-state index in [1.54, 1.807) is 18.2 Å². The Morgan fingerprint density at radius 2 is 2.05 bits per heavy atom. The number of alkyl halides is 3. The summed E-state index contributed by atoms with van der Waals surface area (Å²) in [6, 6.07) is 4.87. The average Bonchev–Trinajstić information content (AvgIpc) is 2.44. The van der Waals surface area contributed by atoms with E-state index in [1.807, 2.05) is 0 Å². The van der Waals surface area contributed by atoms with E-state index >= 15 is 0 Å². The molecule has 1 aromatic rings. The first-order valence-corrected chi connectivity index (χ1v) is 6.33. The van der Waals surface area contributed by atoms with E-state index in [1.165, 1.54) is 7.11 Å². The van der Waals surface area contributed by atoms with Crippen LogP contribution in [0.1, 0.15) is 24.5 Å². The van der Waals surface area contributed by atoms with E-state index in [-0.39, 0.29) is 13.2 Å². The van der Waals surface area contributed by atoms with Gasteiger partial charge in [0, 0.05) is 6.42 Å². The molecule has 0 radical (unpaired) electrons. The molecule has 0 saturated carbocycles. The van der Waals surface area contributed by atoms with Crippen LogP contribution in [0.3, 0.4) is 0 Å². The minimum Gasteiger partial charge on any atom is -0.495 e. The summed E-state index contributed by atoms with van der Waals surface area (Å²) in [6.45, 7) is 0.742. The number of hydrogen-bond acceptors (Lipinski definition) is 3. The molecule has 0 aliphatic heterocycles. The van der Waals surface area contributed by atoms with Crippen LogP contribution in [0, 0.1) is 11.8 Å². The van der Waals surface area contributed by atoms with Crippen LogP contribution in [-0.2, 0) is 11.3 Å². The molecule has 0 spiro atoms. The molecule has 1 aromatic carbocycles. The molecule has 0 amide bonds. The molecule has 0 aliphatic carbocycles. The first-order chi connectivity index (χ1) is 9.88. The van der Waals surface area contributed by atoms with Gasteiger partial charge in [-0.3, -0.25) is 0 Å². The van der Waals surface area contributed by atoms with Crippen molar-refractivity contribution in [3.05, 3.63) is 29.3 Å². The largest absolute Gasteiger partial charge is 0.495 e. The second kappa shape index (κ2) is 7.91. The third-order valence-electron chi connectivity index (χ3n) is 2.68. The summed E-state index contributed by atoms with van der Waals surface area (Å²) in [4.78, 5) is 0. The molecule has 1 unspecified atom stereocenters. The van der Waals surface area contributed by atoms with Crippen molar-refractivity contribution in [2.45, 2.75) is 32.2 Å². The smallest absolute Gasteiger partial charge is 0.414 e. The molecule has 0 heterocycles. The van der Waals surface area contributed by atoms with E-state index < -0.39 is 12.3 Å². The Kier molecular flexibility index (Phi) is 6.53. The van der Waals surface area contributed by atoms with Gasteiger partial charge in [-0.25, -0.2) is 0 Å². The first kappa shape index (κ1) is 17.3. The fourth-order valence-corrected chi connectivity index (χ4v) is 1.47. The maximum absolute atomic E-state index is 12.4. The van der Waals surface area contributed by atoms with Crippen LogP contribution in [0.2, 0.25) is 0 Å². The molecule has 0 fully saturated rings. The first-order valence-electron chi connectivity index (χ1n) is 6.33. The number of hydrogen-bond donors (Lipinski definition) is 1. The summed E-state index contributed by atoms with van der Waals surface area (Å²) in [5.41, 5.74) is 1.12. The van der Waals surface area contributed by atoms with Gasteiger partial charge >= 0.3 is 6.18 Å². The Labute approximate surface area is 121 Å². The van der Waals surface area contributed by atoms with Crippen LogP contribution in [-0.4, -0.2) is 31.1 Å². The monoisotopic (exact) mass is 302 g/mol. The highest BCUT2D eigenvalue weighted by Gasteiger charge is 2.36. The number of aliphatic hydroxyl groups is 1. The Hall–Kier alpha value is -1.71. The molecule has 6 heteroatoms. The van der Waals surface area contributed by atoms with Gasteiger partial charge in [-0.05, 0) is 24.6 Å². The topological polar surface area (TPSA) is 38.7 Å². The van der Waals surface area contributed by atoms with Gasteiger partial charge in [0.15, 0.2) is 6.10 Å². The van der Waals surface area contributed by atoms with Crippen molar-refractivity contribution in [2.75, 3.05) is 13.7 Å². The van der Waals surface area contributed by atoms with Gasteiger partial charge in [0.1, 0.15) is 5.75 Å². The highest BCUT2D eigenvalue weighted by molar-refractivity contribution is 5.48. The van der Waals surface area contributed by atoms with Crippen molar-refractivity contribution in [1.82, 2.24) is 0 Å². The van der Waals surface area contributed by atoms with Gasteiger partial charge in [-0.15, -0.1) is 0 Å². The molecule has 0 bridgehead atoms. The van der Waals surface area contributed by atoms with Gasteiger partial charge in [-0.2, -0.15) is 13.2 Å². The second-order valence-electron chi connectivity index (χ2n) is 4.30. The lowest BCUT2D eigenvalue weighted by molar-refractivity contribution is -0.217. The van der Waals surface area contributed by atoms with Gasteiger partial charge in [0.2, 0.25) is 0 Å².